The van der Waals surface area contributed by atoms with E-state index in [0.29, 0.717) is 13.2 Å². The van der Waals surface area contributed by atoms with Crippen LogP contribution >= 0.6 is 11.3 Å². The van der Waals surface area contributed by atoms with Gasteiger partial charge in [0, 0.05) is 13.7 Å². The van der Waals surface area contributed by atoms with Gasteiger partial charge in [-0.1, -0.05) is 11.3 Å². The van der Waals surface area contributed by atoms with Crippen molar-refractivity contribution in [3.05, 3.63) is 17.7 Å². The molecule has 0 aliphatic heterocycles. The summed E-state index contributed by atoms with van der Waals surface area (Å²) < 4.78 is 11.7. The average Bonchev–Trinajstić information content (AvgIpc) is 2.73. The van der Waals surface area contributed by atoms with Gasteiger partial charge in [0.05, 0.1) is 23.4 Å². The van der Waals surface area contributed by atoms with Gasteiger partial charge < -0.3 is 14.8 Å². The maximum absolute atomic E-state index is 5.54. The van der Waals surface area contributed by atoms with Gasteiger partial charge >= 0.3 is 0 Å². The van der Waals surface area contributed by atoms with E-state index >= 15 is 0 Å². The summed E-state index contributed by atoms with van der Waals surface area (Å²) in [5, 5.41) is 4.18. The van der Waals surface area contributed by atoms with Crippen LogP contribution < -0.4 is 10.1 Å². The van der Waals surface area contributed by atoms with Gasteiger partial charge in [-0.15, -0.1) is 0 Å². The Labute approximate surface area is 111 Å². The molecule has 0 bridgehead atoms. The van der Waals surface area contributed by atoms with Gasteiger partial charge in [-0.25, -0.2) is 4.98 Å². The number of rotatable bonds is 6. The minimum absolute atomic E-state index is 0.680. The van der Waals surface area contributed by atoms with Crippen molar-refractivity contribution in [1.29, 1.82) is 0 Å². The molecule has 0 aliphatic carbocycles. The van der Waals surface area contributed by atoms with Crippen LogP contribution in [-0.2, 0) is 4.74 Å². The highest BCUT2D eigenvalue weighted by Gasteiger charge is 2.08. The SMILES string of the molecule is CCOc1cc(C)c2nc(NCCOC)sc2c1. The van der Waals surface area contributed by atoms with Crippen molar-refractivity contribution in [2.24, 2.45) is 0 Å². The van der Waals surface area contributed by atoms with Gasteiger partial charge in [-0.05, 0) is 31.5 Å². The Kier molecular flexibility index (Phi) is 4.38. The molecule has 1 aromatic carbocycles. The van der Waals surface area contributed by atoms with Crippen LogP contribution in [0.25, 0.3) is 10.2 Å². The van der Waals surface area contributed by atoms with Crippen LogP contribution in [0.4, 0.5) is 5.13 Å². The van der Waals surface area contributed by atoms with Gasteiger partial charge in [0.15, 0.2) is 5.13 Å². The third-order valence-corrected chi connectivity index (χ3v) is 3.51. The number of nitrogens with one attached hydrogen (secondary N) is 1. The third-order valence-electron chi connectivity index (χ3n) is 2.55. The Morgan fingerprint density at radius 3 is 2.94 bits per heavy atom. The molecule has 2 aromatic rings. The number of nitrogens with zero attached hydrogens (tertiary/aromatic N) is 1. The minimum Gasteiger partial charge on any atom is -0.494 e. The molecule has 0 unspecified atom stereocenters. The Morgan fingerprint density at radius 2 is 2.22 bits per heavy atom. The molecule has 0 atom stereocenters. The van der Waals surface area contributed by atoms with Crippen LogP contribution in [0.3, 0.4) is 0 Å². The highest BCUT2D eigenvalue weighted by atomic mass is 32.1. The molecule has 1 N–H and O–H groups in total. The first-order valence-electron chi connectivity index (χ1n) is 6.01. The molecule has 0 fully saturated rings. The summed E-state index contributed by atoms with van der Waals surface area (Å²) >= 11 is 1.64. The number of anilines is 1. The molecule has 4 nitrogen and oxygen atoms in total. The molecule has 0 spiro atoms. The lowest BCUT2D eigenvalue weighted by Gasteiger charge is -2.03. The molecule has 1 aromatic heterocycles. The van der Waals surface area contributed by atoms with Crippen LogP contribution in [0.2, 0.25) is 0 Å². The molecule has 0 amide bonds. The van der Waals surface area contributed by atoms with E-state index in [2.05, 4.69) is 17.2 Å². The largest absolute Gasteiger partial charge is 0.494 e. The zero-order chi connectivity index (χ0) is 13.0. The lowest BCUT2D eigenvalue weighted by Crippen LogP contribution is -2.06. The van der Waals surface area contributed by atoms with Crippen molar-refractivity contribution >= 4 is 26.7 Å². The topological polar surface area (TPSA) is 43.4 Å². The van der Waals surface area contributed by atoms with Crippen LogP contribution in [0.15, 0.2) is 12.1 Å². The van der Waals surface area contributed by atoms with Gasteiger partial charge in [0.25, 0.3) is 0 Å². The van der Waals surface area contributed by atoms with Crippen LogP contribution in [0, 0.1) is 6.92 Å². The molecule has 5 heteroatoms. The van der Waals surface area contributed by atoms with Gasteiger partial charge in [-0.3, -0.25) is 0 Å². The van der Waals surface area contributed by atoms with Crippen molar-refractivity contribution in [3.63, 3.8) is 0 Å². The van der Waals surface area contributed by atoms with Gasteiger partial charge in [0.2, 0.25) is 0 Å². The number of hydrogen-bond acceptors (Lipinski definition) is 5. The van der Waals surface area contributed by atoms with Crippen molar-refractivity contribution < 1.29 is 9.47 Å². The summed E-state index contributed by atoms with van der Waals surface area (Å²) in [5.41, 5.74) is 2.19. The van der Waals surface area contributed by atoms with Crippen LogP contribution in [0.1, 0.15) is 12.5 Å². The number of aryl methyl sites for hydroxylation is 1. The number of ether oxygens (including phenoxy) is 2. The lowest BCUT2D eigenvalue weighted by molar-refractivity contribution is 0.211. The van der Waals surface area contributed by atoms with E-state index in [1.54, 1.807) is 18.4 Å². The maximum Gasteiger partial charge on any atom is 0.183 e. The number of fused-ring (bicyclic) bond motifs is 1. The lowest BCUT2D eigenvalue weighted by atomic mass is 10.2. The molecule has 0 aliphatic rings. The van der Waals surface area contributed by atoms with Crippen molar-refractivity contribution in [2.75, 3.05) is 32.2 Å². The highest BCUT2D eigenvalue weighted by Crippen LogP contribution is 2.31. The molecule has 0 saturated carbocycles. The van der Waals surface area contributed by atoms with E-state index in [1.165, 1.54) is 0 Å². The fourth-order valence-corrected chi connectivity index (χ4v) is 2.75. The smallest absolute Gasteiger partial charge is 0.183 e. The van der Waals surface area contributed by atoms with Crippen molar-refractivity contribution in [2.45, 2.75) is 13.8 Å². The zero-order valence-corrected chi connectivity index (χ0v) is 11.8. The molecule has 1 heterocycles. The maximum atomic E-state index is 5.54. The summed E-state index contributed by atoms with van der Waals surface area (Å²) in [6.07, 6.45) is 0. The first-order valence-corrected chi connectivity index (χ1v) is 6.83. The number of aromatic nitrogens is 1. The molecular weight excluding hydrogens is 248 g/mol. The second kappa shape index (κ2) is 6.02. The molecule has 2 rings (SSSR count). The van der Waals surface area contributed by atoms with Gasteiger partial charge in [0.1, 0.15) is 5.75 Å². The summed E-state index contributed by atoms with van der Waals surface area (Å²) in [6.45, 7) is 6.18. The van der Waals surface area contributed by atoms with Crippen molar-refractivity contribution in [1.82, 2.24) is 4.98 Å². The summed E-state index contributed by atoms with van der Waals surface area (Å²) in [6, 6.07) is 4.08. The number of benzene rings is 1. The first kappa shape index (κ1) is 13.1. The fraction of sp³-hybridized carbons (Fsp3) is 0.462. The van der Waals surface area contributed by atoms with Crippen LogP contribution in [-0.4, -0.2) is 31.9 Å². The predicted molar refractivity (Wildman–Crippen MR) is 75.9 cm³/mol. The van der Waals surface area contributed by atoms with E-state index in [4.69, 9.17) is 9.47 Å². The van der Waals surface area contributed by atoms with E-state index in [1.807, 2.05) is 19.1 Å². The quantitative estimate of drug-likeness (QED) is 0.816. The number of methoxy groups -OCH3 is 1. The molecule has 0 radical (unpaired) electrons. The normalized spacial score (nSPS) is 10.8. The standard InChI is InChI=1S/C13H18N2O2S/c1-4-17-10-7-9(2)12-11(8-10)18-13(15-12)14-5-6-16-3/h7-8H,4-6H2,1-3H3,(H,14,15). The Morgan fingerprint density at radius 1 is 1.39 bits per heavy atom. The highest BCUT2D eigenvalue weighted by molar-refractivity contribution is 7.22. The summed E-state index contributed by atoms with van der Waals surface area (Å²) in [4.78, 5) is 4.58. The number of thiazole rings is 1. The monoisotopic (exact) mass is 266 g/mol. The average molecular weight is 266 g/mol. The third kappa shape index (κ3) is 2.91. The van der Waals surface area contributed by atoms with Crippen molar-refractivity contribution in [3.8, 4) is 5.75 Å². The van der Waals surface area contributed by atoms with E-state index in [9.17, 15) is 0 Å². The minimum atomic E-state index is 0.680. The Bertz CT molecular complexity index is 525. The summed E-state index contributed by atoms with van der Waals surface area (Å²) in [7, 11) is 1.69. The van der Waals surface area contributed by atoms with E-state index < -0.39 is 0 Å². The molecule has 98 valence electrons. The molecule has 18 heavy (non-hydrogen) atoms. The molecular formula is C13H18N2O2S. The Balaban J connectivity index is 2.23. The number of hydrogen-bond donors (Lipinski definition) is 1. The van der Waals surface area contributed by atoms with Gasteiger partial charge in [-0.2, -0.15) is 0 Å². The van der Waals surface area contributed by atoms with Crippen LogP contribution in [0.5, 0.6) is 5.75 Å². The second-order valence-electron chi connectivity index (χ2n) is 3.96. The fourth-order valence-electron chi connectivity index (χ4n) is 1.75. The van der Waals surface area contributed by atoms with E-state index in [-0.39, 0.29) is 0 Å². The first-order chi connectivity index (χ1) is 8.74. The second-order valence-corrected chi connectivity index (χ2v) is 4.99. The predicted octanol–water partition coefficient (Wildman–Crippen LogP) is 3.06. The summed E-state index contributed by atoms with van der Waals surface area (Å²) in [5.74, 6) is 0.912. The zero-order valence-electron chi connectivity index (χ0n) is 10.9. The molecule has 0 saturated heterocycles. The van der Waals surface area contributed by atoms with E-state index in [0.717, 1.165) is 33.2 Å². The Hall–Kier alpha value is -1.33.